The number of aryl methyl sites for hydroxylation is 1. The molecule has 2 heterocycles. The predicted molar refractivity (Wildman–Crippen MR) is 113 cm³/mol. The first-order valence-corrected chi connectivity index (χ1v) is 9.75. The number of aromatic nitrogens is 4. The average molecular weight is 444 g/mol. The standard InChI is InChI=1S/C18H26ClN7O2.ClH/c1-28-17-13(16(20)15(19)10-14(17)18(21)27)9-12-3-7-25(8-4-12)5-2-6-26-11-22-23-24-26;/h10-12H,2-9,20H2,1H3,(H2,21,27);1H. The Kier molecular flexibility index (Phi) is 8.48. The van der Waals surface area contributed by atoms with E-state index in [1.165, 1.54) is 13.2 Å². The van der Waals surface area contributed by atoms with Crippen LogP contribution in [0.4, 0.5) is 5.69 Å². The highest BCUT2D eigenvalue weighted by atomic mass is 35.5. The molecule has 1 fully saturated rings. The van der Waals surface area contributed by atoms with Gasteiger partial charge in [-0.1, -0.05) is 11.6 Å². The van der Waals surface area contributed by atoms with Gasteiger partial charge in [-0.3, -0.25) is 4.79 Å². The van der Waals surface area contributed by atoms with Gasteiger partial charge in [-0.15, -0.1) is 17.5 Å². The summed E-state index contributed by atoms with van der Waals surface area (Å²) in [5.41, 5.74) is 13.2. The van der Waals surface area contributed by atoms with Gasteiger partial charge in [0.2, 0.25) is 0 Å². The molecule has 0 unspecified atom stereocenters. The van der Waals surface area contributed by atoms with Crippen LogP contribution >= 0.6 is 24.0 Å². The second-order valence-corrected chi connectivity index (χ2v) is 7.52. The van der Waals surface area contributed by atoms with Crippen molar-refractivity contribution in [3.63, 3.8) is 0 Å². The molecule has 1 aromatic carbocycles. The van der Waals surface area contributed by atoms with Gasteiger partial charge in [-0.25, -0.2) is 4.68 Å². The Hall–Kier alpha value is -2.10. The summed E-state index contributed by atoms with van der Waals surface area (Å²) in [6, 6.07) is 1.48. The zero-order chi connectivity index (χ0) is 20.1. The van der Waals surface area contributed by atoms with Gasteiger partial charge < -0.3 is 21.1 Å². The third-order valence-electron chi connectivity index (χ3n) is 5.29. The summed E-state index contributed by atoms with van der Waals surface area (Å²) in [7, 11) is 1.52. The number of tetrazole rings is 1. The van der Waals surface area contributed by atoms with Crippen LogP contribution in [0.2, 0.25) is 5.02 Å². The molecule has 11 heteroatoms. The summed E-state index contributed by atoms with van der Waals surface area (Å²) in [5, 5.41) is 11.5. The Labute approximate surface area is 181 Å². The normalized spacial score (nSPS) is 15.1. The summed E-state index contributed by atoms with van der Waals surface area (Å²) in [4.78, 5) is 14.2. The van der Waals surface area contributed by atoms with E-state index in [4.69, 9.17) is 27.8 Å². The molecule has 2 aromatic rings. The van der Waals surface area contributed by atoms with Crippen LogP contribution in [0.3, 0.4) is 0 Å². The summed E-state index contributed by atoms with van der Waals surface area (Å²) >= 11 is 6.22. The highest BCUT2D eigenvalue weighted by molar-refractivity contribution is 6.33. The van der Waals surface area contributed by atoms with Gasteiger partial charge in [0.05, 0.1) is 23.4 Å². The Bertz CT molecular complexity index is 809. The number of nitrogens with two attached hydrogens (primary N) is 2. The quantitative estimate of drug-likeness (QED) is 0.595. The lowest BCUT2D eigenvalue weighted by Crippen LogP contribution is -2.35. The minimum atomic E-state index is -0.572. The van der Waals surface area contributed by atoms with Crippen molar-refractivity contribution in [1.29, 1.82) is 0 Å². The molecular formula is C18H27Cl2N7O2. The minimum absolute atomic E-state index is 0. The summed E-state index contributed by atoms with van der Waals surface area (Å²) in [6.45, 7) is 3.87. The molecule has 160 valence electrons. The number of hydrogen-bond acceptors (Lipinski definition) is 7. The second kappa shape index (κ2) is 10.6. The molecule has 0 spiro atoms. The molecule has 9 nitrogen and oxygen atoms in total. The molecule has 0 saturated carbocycles. The summed E-state index contributed by atoms with van der Waals surface area (Å²) < 4.78 is 7.20. The van der Waals surface area contributed by atoms with Crippen LogP contribution < -0.4 is 16.2 Å². The number of hydrogen-bond donors (Lipinski definition) is 2. The molecule has 1 aliphatic heterocycles. The number of carbonyl (C=O) groups is 1. The molecule has 1 aliphatic rings. The van der Waals surface area contributed by atoms with Crippen LogP contribution in [0.25, 0.3) is 0 Å². The van der Waals surface area contributed by atoms with Gasteiger partial charge in [0.1, 0.15) is 12.1 Å². The highest BCUT2D eigenvalue weighted by Gasteiger charge is 2.25. The molecule has 0 radical (unpaired) electrons. The number of carbonyl (C=O) groups excluding carboxylic acids is 1. The van der Waals surface area contributed by atoms with Gasteiger partial charge >= 0.3 is 0 Å². The number of piperidine rings is 1. The fourth-order valence-electron chi connectivity index (χ4n) is 3.76. The Balaban J connectivity index is 0.00000300. The van der Waals surface area contributed by atoms with Gasteiger partial charge in [0.15, 0.2) is 0 Å². The molecule has 0 bridgehead atoms. The third-order valence-corrected chi connectivity index (χ3v) is 5.61. The van der Waals surface area contributed by atoms with E-state index in [9.17, 15) is 4.79 Å². The van der Waals surface area contributed by atoms with Crippen molar-refractivity contribution >= 4 is 35.6 Å². The smallest absolute Gasteiger partial charge is 0.252 e. The lowest BCUT2D eigenvalue weighted by Gasteiger charge is -2.32. The van der Waals surface area contributed by atoms with E-state index in [2.05, 4.69) is 20.4 Å². The number of nitrogen functional groups attached to an aromatic ring is 1. The topological polar surface area (TPSA) is 125 Å². The first-order chi connectivity index (χ1) is 13.5. The largest absolute Gasteiger partial charge is 0.496 e. The van der Waals surface area contributed by atoms with Gasteiger partial charge in [-0.2, -0.15) is 0 Å². The Morgan fingerprint density at radius 1 is 1.34 bits per heavy atom. The first kappa shape index (κ1) is 23.2. The molecule has 1 aromatic heterocycles. The number of rotatable bonds is 8. The molecule has 0 aliphatic carbocycles. The Morgan fingerprint density at radius 3 is 2.66 bits per heavy atom. The molecular weight excluding hydrogens is 417 g/mol. The zero-order valence-electron chi connectivity index (χ0n) is 16.4. The number of likely N-dealkylation sites (tertiary alicyclic amines) is 1. The van der Waals surface area contributed by atoms with Crippen LogP contribution in [0.15, 0.2) is 12.4 Å². The van der Waals surface area contributed by atoms with Gasteiger partial charge in [-0.05, 0) is 67.7 Å². The highest BCUT2D eigenvalue weighted by Crippen LogP contribution is 2.37. The fourth-order valence-corrected chi connectivity index (χ4v) is 3.98. The van der Waals surface area contributed by atoms with Crippen LogP contribution in [0.1, 0.15) is 35.2 Å². The van der Waals surface area contributed by atoms with Crippen molar-refractivity contribution in [3.8, 4) is 5.75 Å². The number of methoxy groups -OCH3 is 1. The molecule has 1 saturated heterocycles. The van der Waals surface area contributed by atoms with Crippen molar-refractivity contribution in [2.24, 2.45) is 11.7 Å². The van der Waals surface area contributed by atoms with E-state index < -0.39 is 5.91 Å². The maximum absolute atomic E-state index is 11.7. The number of benzene rings is 1. The first-order valence-electron chi connectivity index (χ1n) is 9.37. The van der Waals surface area contributed by atoms with Crippen molar-refractivity contribution in [1.82, 2.24) is 25.1 Å². The summed E-state index contributed by atoms with van der Waals surface area (Å²) in [5.74, 6) is 0.321. The average Bonchev–Trinajstić information content (AvgIpc) is 3.20. The van der Waals surface area contributed by atoms with Crippen LogP contribution in [0, 0.1) is 5.92 Å². The Morgan fingerprint density at radius 2 is 2.07 bits per heavy atom. The predicted octanol–water partition coefficient (Wildman–Crippen LogP) is 1.78. The number of halogens is 2. The fraction of sp³-hybridized carbons (Fsp3) is 0.556. The monoisotopic (exact) mass is 443 g/mol. The number of nitrogens with zero attached hydrogens (tertiary/aromatic N) is 5. The van der Waals surface area contributed by atoms with Crippen molar-refractivity contribution in [2.75, 3.05) is 32.5 Å². The van der Waals surface area contributed by atoms with Gasteiger partial charge in [0, 0.05) is 12.1 Å². The second-order valence-electron chi connectivity index (χ2n) is 7.11. The minimum Gasteiger partial charge on any atom is -0.496 e. The van der Waals surface area contributed by atoms with E-state index in [0.717, 1.165) is 51.0 Å². The van der Waals surface area contributed by atoms with Crippen molar-refractivity contribution in [2.45, 2.75) is 32.2 Å². The summed E-state index contributed by atoms with van der Waals surface area (Å²) in [6.07, 6.45) is 5.45. The number of amides is 1. The molecule has 3 rings (SSSR count). The van der Waals surface area contributed by atoms with Crippen LogP contribution in [-0.2, 0) is 13.0 Å². The van der Waals surface area contributed by atoms with E-state index in [1.54, 1.807) is 11.0 Å². The van der Waals surface area contributed by atoms with Crippen molar-refractivity contribution in [3.05, 3.63) is 28.5 Å². The van der Waals surface area contributed by atoms with E-state index in [0.29, 0.717) is 28.8 Å². The SMILES string of the molecule is COc1c(C(N)=O)cc(Cl)c(N)c1CC1CCN(CCCn2cnnn2)CC1.Cl. The number of ether oxygens (including phenoxy) is 1. The lowest BCUT2D eigenvalue weighted by atomic mass is 9.88. The number of anilines is 1. The van der Waals surface area contributed by atoms with Crippen LogP contribution in [-0.4, -0.2) is 57.8 Å². The number of primary amides is 1. The van der Waals surface area contributed by atoms with Gasteiger partial charge in [0.25, 0.3) is 5.91 Å². The molecule has 4 N–H and O–H groups in total. The van der Waals surface area contributed by atoms with E-state index in [1.807, 2.05) is 0 Å². The lowest BCUT2D eigenvalue weighted by molar-refractivity contribution is 0.0997. The van der Waals surface area contributed by atoms with Crippen molar-refractivity contribution < 1.29 is 9.53 Å². The zero-order valence-corrected chi connectivity index (χ0v) is 18.0. The maximum atomic E-state index is 11.7. The van der Waals surface area contributed by atoms with E-state index >= 15 is 0 Å². The molecule has 1 amide bonds. The molecule has 0 atom stereocenters. The molecule has 29 heavy (non-hydrogen) atoms. The van der Waals surface area contributed by atoms with Crippen LogP contribution in [0.5, 0.6) is 5.75 Å². The maximum Gasteiger partial charge on any atom is 0.252 e. The third kappa shape index (κ3) is 5.71. The van der Waals surface area contributed by atoms with E-state index in [-0.39, 0.29) is 18.0 Å².